The minimum atomic E-state index is 0.445. The highest BCUT2D eigenvalue weighted by Crippen LogP contribution is 2.25. The van der Waals surface area contributed by atoms with E-state index in [0.29, 0.717) is 12.0 Å². The van der Waals surface area contributed by atoms with Crippen LogP contribution in [0.2, 0.25) is 0 Å². The third-order valence-corrected chi connectivity index (χ3v) is 3.95. The molecular weight excluding hydrogens is 252 g/mol. The smallest absolute Gasteiger partial charge is 0.140 e. The van der Waals surface area contributed by atoms with Crippen LogP contribution in [0.25, 0.3) is 0 Å². The molecule has 1 N–H and O–H groups in total. The number of pyridine rings is 1. The Kier molecular flexibility index (Phi) is 4.58. The van der Waals surface area contributed by atoms with E-state index < -0.39 is 0 Å². The predicted molar refractivity (Wildman–Crippen MR) is 69.2 cm³/mol. The van der Waals surface area contributed by atoms with Gasteiger partial charge in [0.05, 0.1) is 4.47 Å². The maximum absolute atomic E-state index is 4.34. The Morgan fingerprint density at radius 3 is 2.73 bits per heavy atom. The summed E-state index contributed by atoms with van der Waals surface area (Å²) in [7, 11) is 0. The number of hydrogen-bond donors (Lipinski definition) is 1. The van der Waals surface area contributed by atoms with Crippen LogP contribution in [0, 0.1) is 12.8 Å². The zero-order valence-electron chi connectivity index (χ0n) is 9.84. The molecule has 0 amide bonds. The first-order valence-electron chi connectivity index (χ1n) is 5.43. The van der Waals surface area contributed by atoms with Crippen LogP contribution in [0.3, 0.4) is 0 Å². The van der Waals surface area contributed by atoms with Gasteiger partial charge < -0.3 is 5.32 Å². The van der Waals surface area contributed by atoms with Crippen LogP contribution in [-0.2, 0) is 0 Å². The predicted octanol–water partition coefficient (Wildman–Crippen LogP) is 4.00. The molecule has 0 aliphatic carbocycles. The Labute approximate surface area is 101 Å². The van der Waals surface area contributed by atoms with Crippen molar-refractivity contribution >= 4 is 21.7 Å². The average molecular weight is 271 g/mol. The highest BCUT2D eigenvalue weighted by Gasteiger charge is 2.12. The lowest BCUT2D eigenvalue weighted by molar-refractivity contribution is 0.493. The van der Waals surface area contributed by atoms with E-state index in [2.05, 4.69) is 53.9 Å². The molecule has 84 valence electrons. The fourth-order valence-corrected chi connectivity index (χ4v) is 1.70. The van der Waals surface area contributed by atoms with Gasteiger partial charge in [0.25, 0.3) is 0 Å². The van der Waals surface area contributed by atoms with Crippen LogP contribution in [0.15, 0.2) is 16.7 Å². The van der Waals surface area contributed by atoms with Crippen molar-refractivity contribution in [3.05, 3.63) is 22.3 Å². The molecule has 0 fully saturated rings. The number of aromatic nitrogens is 1. The normalized spacial score (nSPS) is 14.7. The number of nitrogens with one attached hydrogen (secondary N) is 1. The molecule has 0 bridgehead atoms. The Bertz CT molecular complexity index is 325. The van der Waals surface area contributed by atoms with Crippen LogP contribution in [0.1, 0.15) is 32.8 Å². The van der Waals surface area contributed by atoms with Crippen LogP contribution >= 0.6 is 15.9 Å². The third kappa shape index (κ3) is 3.20. The van der Waals surface area contributed by atoms with Gasteiger partial charge in [0.1, 0.15) is 5.82 Å². The van der Waals surface area contributed by atoms with Gasteiger partial charge in [-0.15, -0.1) is 0 Å². The topological polar surface area (TPSA) is 24.9 Å². The Morgan fingerprint density at radius 1 is 1.47 bits per heavy atom. The molecule has 2 nitrogen and oxygen atoms in total. The highest BCUT2D eigenvalue weighted by molar-refractivity contribution is 9.10. The fourth-order valence-electron chi connectivity index (χ4n) is 1.35. The molecule has 0 aliphatic rings. The number of halogens is 1. The molecule has 0 radical (unpaired) electrons. The summed E-state index contributed by atoms with van der Waals surface area (Å²) in [5.74, 6) is 1.60. The third-order valence-electron chi connectivity index (χ3n) is 2.94. The van der Waals surface area contributed by atoms with E-state index in [-0.39, 0.29) is 0 Å². The molecule has 0 aromatic carbocycles. The molecule has 1 rings (SSSR count). The molecule has 1 aromatic heterocycles. The average Bonchev–Trinajstić information content (AvgIpc) is 2.23. The van der Waals surface area contributed by atoms with Crippen molar-refractivity contribution in [2.45, 2.75) is 40.2 Å². The summed E-state index contributed by atoms with van der Waals surface area (Å²) in [4.78, 5) is 4.34. The van der Waals surface area contributed by atoms with Gasteiger partial charge in [0.15, 0.2) is 0 Å². The maximum atomic E-state index is 4.34. The molecule has 2 unspecified atom stereocenters. The molecule has 1 heterocycles. The van der Waals surface area contributed by atoms with Gasteiger partial charge >= 0.3 is 0 Å². The van der Waals surface area contributed by atoms with Crippen molar-refractivity contribution in [2.75, 3.05) is 5.32 Å². The van der Waals surface area contributed by atoms with Gasteiger partial charge in [-0.2, -0.15) is 0 Å². The first-order chi connectivity index (χ1) is 7.06. The van der Waals surface area contributed by atoms with Crippen molar-refractivity contribution < 1.29 is 0 Å². The second-order valence-corrected chi connectivity index (χ2v) is 4.90. The zero-order chi connectivity index (χ0) is 11.4. The van der Waals surface area contributed by atoms with Crippen molar-refractivity contribution in [1.82, 2.24) is 4.98 Å². The van der Waals surface area contributed by atoms with Gasteiger partial charge in [-0.05, 0) is 47.3 Å². The summed E-state index contributed by atoms with van der Waals surface area (Å²) in [5.41, 5.74) is 1.21. The monoisotopic (exact) mass is 270 g/mol. The molecule has 0 spiro atoms. The second kappa shape index (κ2) is 5.50. The number of nitrogens with zero attached hydrogens (tertiary/aromatic N) is 1. The van der Waals surface area contributed by atoms with E-state index in [1.54, 1.807) is 0 Å². The molecular formula is C12H19BrN2. The lowest BCUT2D eigenvalue weighted by Gasteiger charge is -2.21. The summed E-state index contributed by atoms with van der Waals surface area (Å²) in [6.45, 7) is 8.73. The Morgan fingerprint density at radius 2 is 2.13 bits per heavy atom. The minimum Gasteiger partial charge on any atom is -0.366 e. The second-order valence-electron chi connectivity index (χ2n) is 4.11. The SMILES string of the molecule is CCC(C)C(C)Nc1nccc(C)c1Br. The highest BCUT2D eigenvalue weighted by atomic mass is 79.9. The largest absolute Gasteiger partial charge is 0.366 e. The van der Waals surface area contributed by atoms with Gasteiger partial charge in [0, 0.05) is 12.2 Å². The van der Waals surface area contributed by atoms with Crippen LogP contribution in [0.4, 0.5) is 5.82 Å². The lowest BCUT2D eigenvalue weighted by Crippen LogP contribution is -2.24. The van der Waals surface area contributed by atoms with E-state index in [1.165, 1.54) is 12.0 Å². The molecule has 3 heteroatoms. The first kappa shape index (κ1) is 12.5. The molecule has 0 saturated carbocycles. The molecule has 2 atom stereocenters. The summed E-state index contributed by atoms with van der Waals surface area (Å²) in [5, 5.41) is 3.44. The summed E-state index contributed by atoms with van der Waals surface area (Å²) >= 11 is 3.55. The molecule has 0 aliphatic heterocycles. The Balaban J connectivity index is 2.76. The number of hydrogen-bond acceptors (Lipinski definition) is 2. The maximum Gasteiger partial charge on any atom is 0.140 e. The number of aryl methyl sites for hydroxylation is 1. The lowest BCUT2D eigenvalue weighted by atomic mass is 10.0. The van der Waals surface area contributed by atoms with Gasteiger partial charge in [-0.25, -0.2) is 4.98 Å². The summed E-state index contributed by atoms with van der Waals surface area (Å²) in [6.07, 6.45) is 3.02. The molecule has 1 aromatic rings. The summed E-state index contributed by atoms with van der Waals surface area (Å²) in [6, 6.07) is 2.45. The standard InChI is InChI=1S/C12H19BrN2/c1-5-8(2)10(4)15-12-11(13)9(3)6-7-14-12/h6-8,10H,5H2,1-4H3,(H,14,15). The number of rotatable bonds is 4. The molecule has 0 saturated heterocycles. The van der Waals surface area contributed by atoms with Crippen LogP contribution in [-0.4, -0.2) is 11.0 Å². The fraction of sp³-hybridized carbons (Fsp3) is 0.583. The van der Waals surface area contributed by atoms with Crippen molar-refractivity contribution in [3.8, 4) is 0 Å². The van der Waals surface area contributed by atoms with Crippen molar-refractivity contribution in [2.24, 2.45) is 5.92 Å². The van der Waals surface area contributed by atoms with E-state index in [9.17, 15) is 0 Å². The van der Waals surface area contributed by atoms with Crippen molar-refractivity contribution in [3.63, 3.8) is 0 Å². The first-order valence-corrected chi connectivity index (χ1v) is 6.23. The van der Waals surface area contributed by atoms with E-state index >= 15 is 0 Å². The van der Waals surface area contributed by atoms with E-state index in [4.69, 9.17) is 0 Å². The van der Waals surface area contributed by atoms with E-state index in [1.807, 2.05) is 12.3 Å². The zero-order valence-corrected chi connectivity index (χ0v) is 11.4. The Hall–Kier alpha value is -0.570. The van der Waals surface area contributed by atoms with E-state index in [0.717, 1.165) is 10.3 Å². The molecule has 15 heavy (non-hydrogen) atoms. The van der Waals surface area contributed by atoms with Crippen LogP contribution < -0.4 is 5.32 Å². The van der Waals surface area contributed by atoms with Gasteiger partial charge in [0.2, 0.25) is 0 Å². The van der Waals surface area contributed by atoms with Gasteiger partial charge in [-0.3, -0.25) is 0 Å². The van der Waals surface area contributed by atoms with Gasteiger partial charge in [-0.1, -0.05) is 20.3 Å². The number of anilines is 1. The van der Waals surface area contributed by atoms with Crippen molar-refractivity contribution in [1.29, 1.82) is 0 Å². The summed E-state index contributed by atoms with van der Waals surface area (Å²) < 4.78 is 1.07. The van der Waals surface area contributed by atoms with Crippen LogP contribution in [0.5, 0.6) is 0 Å². The minimum absolute atomic E-state index is 0.445. The quantitative estimate of drug-likeness (QED) is 0.895.